The number of rotatable bonds is 7. The summed E-state index contributed by atoms with van der Waals surface area (Å²) >= 11 is 0. The van der Waals surface area contributed by atoms with Crippen molar-refractivity contribution in [2.24, 2.45) is 0 Å². The van der Waals surface area contributed by atoms with Gasteiger partial charge in [-0.1, -0.05) is 6.07 Å². The van der Waals surface area contributed by atoms with Crippen LogP contribution in [0, 0.1) is 0 Å². The number of nitrogens with two attached hydrogens (primary N) is 1. The van der Waals surface area contributed by atoms with Gasteiger partial charge >= 0.3 is 6.09 Å². The molecule has 0 bridgehead atoms. The third-order valence-electron chi connectivity index (χ3n) is 5.15. The van der Waals surface area contributed by atoms with Crippen molar-refractivity contribution in [2.45, 2.75) is 31.9 Å². The maximum Gasteiger partial charge on any atom is 0.410 e. The monoisotopic (exact) mass is 436 g/mol. The van der Waals surface area contributed by atoms with Gasteiger partial charge in [-0.05, 0) is 49.6 Å². The number of nitrogens with one attached hydrogen (secondary N) is 1. The SMILES string of the molecule is Nc1nc(-c2ccco2)cc(C(NC=O)c2cccc(COC(=O)N3CCCCC3)n2)n1. The molecule has 1 aliphatic rings. The van der Waals surface area contributed by atoms with Gasteiger partial charge < -0.3 is 25.1 Å². The highest BCUT2D eigenvalue weighted by Gasteiger charge is 2.21. The Kier molecular flexibility index (Phi) is 6.59. The van der Waals surface area contributed by atoms with E-state index in [0.29, 0.717) is 48.0 Å². The lowest BCUT2D eigenvalue weighted by atomic mass is 10.1. The van der Waals surface area contributed by atoms with E-state index >= 15 is 0 Å². The van der Waals surface area contributed by atoms with Crippen molar-refractivity contribution in [3.63, 3.8) is 0 Å². The topological polar surface area (TPSA) is 136 Å². The number of ether oxygens (including phenoxy) is 1. The average molecular weight is 436 g/mol. The summed E-state index contributed by atoms with van der Waals surface area (Å²) in [6.07, 6.45) is 4.87. The molecular weight excluding hydrogens is 412 g/mol. The molecule has 0 spiro atoms. The molecule has 32 heavy (non-hydrogen) atoms. The zero-order valence-electron chi connectivity index (χ0n) is 17.4. The number of anilines is 1. The van der Waals surface area contributed by atoms with E-state index in [1.165, 1.54) is 6.26 Å². The van der Waals surface area contributed by atoms with Gasteiger partial charge in [0.15, 0.2) is 5.76 Å². The summed E-state index contributed by atoms with van der Waals surface area (Å²) in [6.45, 7) is 1.45. The standard InChI is InChI=1S/C22H24N6O4/c23-21-26-17(19-8-5-11-31-19)12-18(27-21)20(24-14-29)16-7-4-6-15(25-16)13-32-22(30)28-9-2-1-3-10-28/h4-8,11-12,14,20H,1-3,9-10,13H2,(H,24,29)(H2,23,26,27). The molecule has 1 saturated heterocycles. The number of carbonyl (C=O) groups is 2. The first kappa shape index (κ1) is 21.3. The fourth-order valence-electron chi connectivity index (χ4n) is 3.62. The molecule has 10 heteroatoms. The molecule has 10 nitrogen and oxygen atoms in total. The lowest BCUT2D eigenvalue weighted by Crippen LogP contribution is -2.36. The van der Waals surface area contributed by atoms with Crippen molar-refractivity contribution in [3.8, 4) is 11.5 Å². The third kappa shape index (κ3) is 5.02. The number of aromatic nitrogens is 3. The number of hydrogen-bond acceptors (Lipinski definition) is 8. The first-order chi connectivity index (χ1) is 15.6. The molecule has 2 amide bonds. The van der Waals surface area contributed by atoms with Crippen LogP contribution in [0.1, 0.15) is 42.4 Å². The Morgan fingerprint density at radius 1 is 1.16 bits per heavy atom. The molecule has 3 aromatic rings. The number of pyridine rings is 1. The molecule has 1 aliphatic heterocycles. The molecule has 4 rings (SSSR count). The predicted molar refractivity (Wildman–Crippen MR) is 115 cm³/mol. The van der Waals surface area contributed by atoms with E-state index < -0.39 is 6.04 Å². The maximum absolute atomic E-state index is 12.3. The van der Waals surface area contributed by atoms with Crippen LogP contribution < -0.4 is 11.1 Å². The molecule has 3 N–H and O–H groups in total. The third-order valence-corrected chi connectivity index (χ3v) is 5.15. The molecule has 0 saturated carbocycles. The van der Waals surface area contributed by atoms with Crippen LogP contribution in [0.15, 0.2) is 47.1 Å². The van der Waals surface area contributed by atoms with Gasteiger partial charge in [0.25, 0.3) is 0 Å². The van der Waals surface area contributed by atoms with Crippen molar-refractivity contribution in [1.29, 1.82) is 0 Å². The Hall–Kier alpha value is -3.95. The van der Waals surface area contributed by atoms with Crippen LogP contribution in [0.3, 0.4) is 0 Å². The van der Waals surface area contributed by atoms with E-state index in [1.54, 1.807) is 41.3 Å². The summed E-state index contributed by atoms with van der Waals surface area (Å²) in [7, 11) is 0. The molecule has 166 valence electrons. The molecule has 0 aromatic carbocycles. The number of carbonyl (C=O) groups excluding carboxylic acids is 2. The van der Waals surface area contributed by atoms with E-state index in [4.69, 9.17) is 14.9 Å². The van der Waals surface area contributed by atoms with Crippen molar-refractivity contribution in [3.05, 3.63) is 59.7 Å². The molecule has 1 fully saturated rings. The van der Waals surface area contributed by atoms with Crippen LogP contribution in [-0.4, -0.2) is 45.4 Å². The Balaban J connectivity index is 1.54. The number of nitrogen functional groups attached to an aromatic ring is 1. The summed E-state index contributed by atoms with van der Waals surface area (Å²) in [5, 5.41) is 2.72. The van der Waals surface area contributed by atoms with Crippen molar-refractivity contribution < 1.29 is 18.7 Å². The first-order valence-corrected chi connectivity index (χ1v) is 10.4. The lowest BCUT2D eigenvalue weighted by Gasteiger charge is -2.25. The number of likely N-dealkylation sites (tertiary alicyclic amines) is 1. The summed E-state index contributed by atoms with van der Waals surface area (Å²) in [5.74, 6) is 0.565. The second-order valence-corrected chi connectivity index (χ2v) is 7.39. The molecule has 1 atom stereocenters. The fraction of sp³-hybridized carbons (Fsp3) is 0.318. The quantitative estimate of drug-likeness (QED) is 0.540. The summed E-state index contributed by atoms with van der Waals surface area (Å²) in [4.78, 5) is 38.4. The minimum Gasteiger partial charge on any atom is -0.463 e. The predicted octanol–water partition coefficient (Wildman–Crippen LogP) is 2.67. The van der Waals surface area contributed by atoms with Gasteiger partial charge in [-0.2, -0.15) is 0 Å². The normalized spacial score (nSPS) is 14.6. The van der Waals surface area contributed by atoms with Crippen LogP contribution in [0.5, 0.6) is 0 Å². The molecule has 0 radical (unpaired) electrons. The van der Waals surface area contributed by atoms with E-state index in [-0.39, 0.29) is 18.6 Å². The van der Waals surface area contributed by atoms with Gasteiger partial charge in [0, 0.05) is 13.1 Å². The second kappa shape index (κ2) is 9.90. The summed E-state index contributed by atoms with van der Waals surface area (Å²) in [5.41, 5.74) is 7.91. The Bertz CT molecular complexity index is 1070. The van der Waals surface area contributed by atoms with E-state index in [2.05, 4.69) is 20.3 Å². The van der Waals surface area contributed by atoms with Crippen LogP contribution in [0.25, 0.3) is 11.5 Å². The first-order valence-electron chi connectivity index (χ1n) is 10.4. The van der Waals surface area contributed by atoms with Crippen LogP contribution in [0.2, 0.25) is 0 Å². The minimum absolute atomic E-state index is 0.0283. The Labute approximate surface area is 184 Å². The summed E-state index contributed by atoms with van der Waals surface area (Å²) < 4.78 is 10.8. The van der Waals surface area contributed by atoms with Crippen molar-refractivity contribution in [1.82, 2.24) is 25.2 Å². The zero-order chi connectivity index (χ0) is 22.3. The zero-order valence-corrected chi connectivity index (χ0v) is 17.4. The number of piperidine rings is 1. The van der Waals surface area contributed by atoms with Gasteiger partial charge in [0.2, 0.25) is 12.4 Å². The molecular formula is C22H24N6O4. The van der Waals surface area contributed by atoms with Crippen LogP contribution >= 0.6 is 0 Å². The number of amides is 2. The molecule has 0 aliphatic carbocycles. The molecule has 1 unspecified atom stereocenters. The smallest absolute Gasteiger partial charge is 0.410 e. The minimum atomic E-state index is -0.677. The van der Waals surface area contributed by atoms with Gasteiger partial charge in [0.1, 0.15) is 18.3 Å². The highest BCUT2D eigenvalue weighted by Crippen LogP contribution is 2.25. The van der Waals surface area contributed by atoms with E-state index in [0.717, 1.165) is 19.3 Å². The fourth-order valence-corrected chi connectivity index (χ4v) is 3.62. The highest BCUT2D eigenvalue weighted by atomic mass is 16.6. The Morgan fingerprint density at radius 2 is 2.00 bits per heavy atom. The van der Waals surface area contributed by atoms with Gasteiger partial charge in [0.05, 0.1) is 23.3 Å². The number of furan rings is 1. The molecule has 4 heterocycles. The average Bonchev–Trinajstić information content (AvgIpc) is 3.36. The molecule has 3 aromatic heterocycles. The van der Waals surface area contributed by atoms with Gasteiger partial charge in [-0.15, -0.1) is 0 Å². The van der Waals surface area contributed by atoms with Crippen molar-refractivity contribution in [2.75, 3.05) is 18.8 Å². The van der Waals surface area contributed by atoms with Gasteiger partial charge in [-0.25, -0.2) is 14.8 Å². The van der Waals surface area contributed by atoms with E-state index in [9.17, 15) is 9.59 Å². The highest BCUT2D eigenvalue weighted by molar-refractivity contribution is 5.67. The van der Waals surface area contributed by atoms with E-state index in [1.807, 2.05) is 0 Å². The maximum atomic E-state index is 12.3. The lowest BCUT2D eigenvalue weighted by molar-refractivity contribution is -0.110. The van der Waals surface area contributed by atoms with Crippen LogP contribution in [-0.2, 0) is 16.1 Å². The number of hydrogen-bond donors (Lipinski definition) is 2. The van der Waals surface area contributed by atoms with Crippen LogP contribution in [0.4, 0.5) is 10.7 Å². The largest absolute Gasteiger partial charge is 0.463 e. The summed E-state index contributed by atoms with van der Waals surface area (Å²) in [6, 6.07) is 9.79. The Morgan fingerprint density at radius 3 is 2.75 bits per heavy atom. The number of nitrogens with zero attached hydrogens (tertiary/aromatic N) is 4. The van der Waals surface area contributed by atoms with Gasteiger partial charge in [-0.3, -0.25) is 9.78 Å². The second-order valence-electron chi connectivity index (χ2n) is 7.39. The van der Waals surface area contributed by atoms with Crippen molar-refractivity contribution >= 4 is 18.5 Å².